The number of benzene rings is 1. The van der Waals surface area contributed by atoms with Crippen molar-refractivity contribution in [2.24, 2.45) is 0 Å². The topological polar surface area (TPSA) is 88.0 Å². The second kappa shape index (κ2) is 6.61. The summed E-state index contributed by atoms with van der Waals surface area (Å²) in [6.45, 7) is 0. The van der Waals surface area contributed by atoms with Crippen LogP contribution in [-0.4, -0.2) is 28.7 Å². The SMILES string of the molecule is COc1ccc(NC(=O)CCl)cc1OP(O)O. The summed E-state index contributed by atoms with van der Waals surface area (Å²) >= 11 is 5.34. The molecule has 0 fully saturated rings. The molecule has 0 bridgehead atoms. The third-order valence-electron chi connectivity index (χ3n) is 1.75. The molecular weight excluding hydrogens is 269 g/mol. The number of ether oxygens (including phenoxy) is 1. The molecule has 0 saturated heterocycles. The molecule has 8 heteroatoms. The molecule has 0 aliphatic rings. The normalized spacial score (nSPS) is 10.2. The van der Waals surface area contributed by atoms with E-state index in [0.717, 1.165) is 0 Å². The Morgan fingerprint density at radius 3 is 2.71 bits per heavy atom. The zero-order valence-corrected chi connectivity index (χ0v) is 10.5. The first-order valence-electron chi connectivity index (χ1n) is 4.46. The highest BCUT2D eigenvalue weighted by atomic mass is 35.5. The number of anilines is 1. The summed E-state index contributed by atoms with van der Waals surface area (Å²) in [5.41, 5.74) is 0.420. The van der Waals surface area contributed by atoms with Gasteiger partial charge in [-0.05, 0) is 12.1 Å². The monoisotopic (exact) mass is 279 g/mol. The molecular formula is C9H11ClNO5P. The van der Waals surface area contributed by atoms with Crippen LogP contribution in [0.1, 0.15) is 0 Å². The maximum absolute atomic E-state index is 11.1. The van der Waals surface area contributed by atoms with Crippen molar-refractivity contribution >= 4 is 31.8 Å². The molecule has 0 radical (unpaired) electrons. The van der Waals surface area contributed by atoms with Crippen LogP contribution in [0, 0.1) is 0 Å². The number of rotatable bonds is 5. The first-order chi connectivity index (χ1) is 8.06. The van der Waals surface area contributed by atoms with Gasteiger partial charge in [0.25, 0.3) is 0 Å². The quantitative estimate of drug-likeness (QED) is 0.561. The van der Waals surface area contributed by atoms with Crippen LogP contribution in [0.4, 0.5) is 5.69 Å². The molecule has 0 unspecified atom stereocenters. The second-order valence-corrected chi connectivity index (χ2v) is 3.85. The summed E-state index contributed by atoms with van der Waals surface area (Å²) in [6, 6.07) is 4.51. The highest BCUT2D eigenvalue weighted by Crippen LogP contribution is 2.37. The van der Waals surface area contributed by atoms with Crippen molar-refractivity contribution in [1.82, 2.24) is 0 Å². The molecule has 0 saturated carbocycles. The van der Waals surface area contributed by atoms with E-state index < -0.39 is 8.60 Å². The number of nitrogens with one attached hydrogen (secondary N) is 1. The smallest absolute Gasteiger partial charge is 0.391 e. The molecule has 0 atom stereocenters. The van der Waals surface area contributed by atoms with Gasteiger partial charge in [-0.1, -0.05) is 0 Å². The van der Waals surface area contributed by atoms with E-state index in [1.807, 2.05) is 0 Å². The van der Waals surface area contributed by atoms with Crippen molar-refractivity contribution < 1.29 is 23.8 Å². The van der Waals surface area contributed by atoms with Crippen LogP contribution in [-0.2, 0) is 4.79 Å². The van der Waals surface area contributed by atoms with Crippen LogP contribution in [0.3, 0.4) is 0 Å². The third-order valence-corrected chi connectivity index (χ3v) is 2.35. The van der Waals surface area contributed by atoms with E-state index in [9.17, 15) is 4.79 Å². The summed E-state index contributed by atoms with van der Waals surface area (Å²) in [4.78, 5) is 28.6. The summed E-state index contributed by atoms with van der Waals surface area (Å²) in [5.74, 6) is -0.104. The largest absolute Gasteiger partial charge is 0.493 e. The molecule has 1 aromatic rings. The van der Waals surface area contributed by atoms with E-state index in [2.05, 4.69) is 5.32 Å². The fourth-order valence-electron chi connectivity index (χ4n) is 1.11. The van der Waals surface area contributed by atoms with E-state index in [4.69, 9.17) is 30.6 Å². The van der Waals surface area contributed by atoms with Crippen LogP contribution in [0.15, 0.2) is 18.2 Å². The highest BCUT2D eigenvalue weighted by molar-refractivity contribution is 7.39. The minimum atomic E-state index is -2.55. The minimum Gasteiger partial charge on any atom is -0.493 e. The molecule has 1 rings (SSSR count). The van der Waals surface area contributed by atoms with E-state index in [-0.39, 0.29) is 17.5 Å². The standard InChI is InChI=1S/C9H11ClNO5P/c1-15-7-3-2-6(11-9(12)5-10)4-8(7)16-17(13)14/h2-4,13-14H,5H2,1H3,(H,11,12). The van der Waals surface area contributed by atoms with E-state index in [1.165, 1.54) is 19.2 Å². The van der Waals surface area contributed by atoms with Crippen molar-refractivity contribution in [3.05, 3.63) is 18.2 Å². The van der Waals surface area contributed by atoms with Gasteiger partial charge in [0.15, 0.2) is 11.5 Å². The summed E-state index contributed by atoms with van der Waals surface area (Å²) < 4.78 is 9.72. The van der Waals surface area contributed by atoms with Crippen molar-refractivity contribution in [2.45, 2.75) is 0 Å². The van der Waals surface area contributed by atoms with Crippen molar-refractivity contribution in [2.75, 3.05) is 18.3 Å². The van der Waals surface area contributed by atoms with Crippen LogP contribution in [0.2, 0.25) is 0 Å². The lowest BCUT2D eigenvalue weighted by Gasteiger charge is -2.12. The maximum atomic E-state index is 11.1. The van der Waals surface area contributed by atoms with E-state index in [0.29, 0.717) is 11.4 Å². The minimum absolute atomic E-state index is 0.121. The second-order valence-electron chi connectivity index (χ2n) is 2.89. The molecule has 0 aromatic heterocycles. The number of methoxy groups -OCH3 is 1. The van der Waals surface area contributed by atoms with E-state index in [1.54, 1.807) is 6.07 Å². The average molecular weight is 280 g/mol. The Balaban J connectivity index is 2.91. The number of hydrogen-bond donors (Lipinski definition) is 3. The van der Waals surface area contributed by atoms with Crippen molar-refractivity contribution in [1.29, 1.82) is 0 Å². The van der Waals surface area contributed by atoms with Crippen molar-refractivity contribution in [3.63, 3.8) is 0 Å². The number of amides is 1. The van der Waals surface area contributed by atoms with Gasteiger partial charge in [-0.2, -0.15) is 0 Å². The Bertz CT molecular complexity index is 401. The fourth-order valence-corrected chi connectivity index (χ4v) is 1.49. The Morgan fingerprint density at radius 1 is 1.47 bits per heavy atom. The number of carbonyl (C=O) groups is 1. The molecule has 0 heterocycles. The number of alkyl halides is 1. The Kier molecular flexibility index (Phi) is 5.44. The van der Waals surface area contributed by atoms with Crippen LogP contribution < -0.4 is 14.6 Å². The van der Waals surface area contributed by atoms with Gasteiger partial charge in [0.05, 0.1) is 7.11 Å². The first-order valence-corrected chi connectivity index (χ1v) is 6.16. The molecule has 3 N–H and O–H groups in total. The fraction of sp³-hybridized carbons (Fsp3) is 0.222. The van der Waals surface area contributed by atoms with Crippen LogP contribution >= 0.6 is 20.2 Å². The lowest BCUT2D eigenvalue weighted by Crippen LogP contribution is -2.12. The predicted octanol–water partition coefficient (Wildman–Crippen LogP) is 1.46. The lowest BCUT2D eigenvalue weighted by atomic mass is 10.3. The van der Waals surface area contributed by atoms with Gasteiger partial charge in [-0.15, -0.1) is 11.6 Å². The molecule has 0 spiro atoms. The molecule has 0 aliphatic carbocycles. The number of halogens is 1. The zero-order valence-electron chi connectivity index (χ0n) is 8.88. The van der Waals surface area contributed by atoms with Crippen LogP contribution in [0.25, 0.3) is 0 Å². The molecule has 1 amide bonds. The van der Waals surface area contributed by atoms with Gasteiger partial charge < -0.3 is 24.4 Å². The summed E-state index contributed by atoms with van der Waals surface area (Å²) in [6.07, 6.45) is 0. The molecule has 1 aromatic carbocycles. The Hall–Kier alpha value is -1.07. The number of carbonyl (C=O) groups excluding carboxylic acids is 1. The highest BCUT2D eigenvalue weighted by Gasteiger charge is 2.11. The molecule has 94 valence electrons. The molecule has 0 aliphatic heterocycles. The number of hydrogen-bond acceptors (Lipinski definition) is 5. The Labute approximate surface area is 104 Å². The summed E-state index contributed by atoms with van der Waals surface area (Å²) in [5, 5.41) is 2.49. The predicted molar refractivity (Wildman–Crippen MR) is 64.3 cm³/mol. The maximum Gasteiger partial charge on any atom is 0.391 e. The molecule has 6 nitrogen and oxygen atoms in total. The third kappa shape index (κ3) is 4.36. The average Bonchev–Trinajstić information content (AvgIpc) is 2.28. The van der Waals surface area contributed by atoms with Gasteiger partial charge in [0.1, 0.15) is 5.88 Å². The van der Waals surface area contributed by atoms with Gasteiger partial charge in [-0.25, -0.2) is 0 Å². The zero-order chi connectivity index (χ0) is 12.8. The van der Waals surface area contributed by atoms with E-state index >= 15 is 0 Å². The first kappa shape index (κ1) is 14.0. The van der Waals surface area contributed by atoms with Gasteiger partial charge in [0.2, 0.25) is 5.91 Å². The van der Waals surface area contributed by atoms with Crippen molar-refractivity contribution in [3.8, 4) is 11.5 Å². The van der Waals surface area contributed by atoms with Gasteiger partial charge in [0, 0.05) is 11.8 Å². The van der Waals surface area contributed by atoms with Crippen LogP contribution in [0.5, 0.6) is 11.5 Å². The lowest BCUT2D eigenvalue weighted by molar-refractivity contribution is -0.113. The Morgan fingerprint density at radius 2 is 2.18 bits per heavy atom. The van der Waals surface area contributed by atoms with Gasteiger partial charge in [-0.3, -0.25) is 4.79 Å². The van der Waals surface area contributed by atoms with Gasteiger partial charge >= 0.3 is 8.60 Å². The summed E-state index contributed by atoms with van der Waals surface area (Å²) in [7, 11) is -1.14. The molecule has 17 heavy (non-hydrogen) atoms.